The van der Waals surface area contributed by atoms with Crippen LogP contribution < -0.4 is 5.73 Å². The van der Waals surface area contributed by atoms with Crippen LogP contribution in [0.1, 0.15) is 33.7 Å². The minimum absolute atomic E-state index is 0.0719. The Balaban J connectivity index is 3.50. The molecule has 0 aliphatic heterocycles. The number of nitrogens with zero attached hydrogens (tertiary/aromatic N) is 1. The molecule has 2 N–H and O–H groups in total. The maximum Gasteiger partial charge on any atom is 0.433 e. The molecule has 3 nitrogen and oxygen atoms in total. The molecule has 94 valence electrons. The molecule has 0 aliphatic rings. The molecule has 1 aromatic rings. The van der Waals surface area contributed by atoms with Crippen LogP contribution in [0.3, 0.4) is 0 Å². The van der Waals surface area contributed by atoms with Gasteiger partial charge in [0, 0.05) is 12.1 Å². The molecule has 0 amide bonds. The number of rotatable bonds is 3. The zero-order valence-corrected chi connectivity index (χ0v) is 8.26. The van der Waals surface area contributed by atoms with Gasteiger partial charge in [0.05, 0.1) is 11.3 Å². The van der Waals surface area contributed by atoms with Gasteiger partial charge >= 0.3 is 6.18 Å². The zero-order valence-electron chi connectivity index (χ0n) is 8.26. The number of nitrogens with two attached hydrogens (primary N) is 1. The summed E-state index contributed by atoms with van der Waals surface area (Å²) in [6, 6.07) is 0.285. The van der Waals surface area contributed by atoms with Crippen molar-refractivity contribution >= 4 is 6.29 Å². The van der Waals surface area contributed by atoms with Gasteiger partial charge in [-0.2, -0.15) is 13.2 Å². The topological polar surface area (TPSA) is 56.0 Å². The standard InChI is InChI=1S/C9H7F5N2O/c10-8(11)7-4(3-17)1-6(9(12,13)14)16-5(7)2-15/h1,3,8H,2,15H2. The minimum atomic E-state index is -4.82. The van der Waals surface area contributed by atoms with Crippen LogP contribution in [-0.2, 0) is 12.7 Å². The predicted molar refractivity (Wildman–Crippen MR) is 47.5 cm³/mol. The Bertz CT molecular complexity index is 430. The third-order valence-electron chi connectivity index (χ3n) is 2.00. The third kappa shape index (κ3) is 2.76. The monoisotopic (exact) mass is 254 g/mol. The number of carbonyl (C=O) groups excluding carboxylic acids is 1. The molecule has 0 atom stereocenters. The van der Waals surface area contributed by atoms with Gasteiger partial charge in [-0.1, -0.05) is 0 Å². The highest BCUT2D eigenvalue weighted by Gasteiger charge is 2.35. The van der Waals surface area contributed by atoms with Gasteiger partial charge in [0.1, 0.15) is 5.69 Å². The fourth-order valence-electron chi connectivity index (χ4n) is 1.28. The van der Waals surface area contributed by atoms with Gasteiger partial charge in [0.15, 0.2) is 6.29 Å². The molecule has 0 saturated carbocycles. The molecule has 1 heterocycles. The summed E-state index contributed by atoms with van der Waals surface area (Å²) in [7, 11) is 0. The second kappa shape index (κ2) is 4.74. The van der Waals surface area contributed by atoms with E-state index < -0.39 is 41.7 Å². The van der Waals surface area contributed by atoms with Crippen molar-refractivity contribution in [3.8, 4) is 0 Å². The quantitative estimate of drug-likeness (QED) is 0.665. The number of aldehydes is 1. The molecule has 1 aromatic heterocycles. The fraction of sp³-hybridized carbons (Fsp3) is 0.333. The average molecular weight is 254 g/mol. The van der Waals surface area contributed by atoms with Gasteiger partial charge in [-0.15, -0.1) is 0 Å². The highest BCUT2D eigenvalue weighted by atomic mass is 19.4. The predicted octanol–water partition coefficient (Wildman–Crippen LogP) is 2.31. The summed E-state index contributed by atoms with van der Waals surface area (Å²) >= 11 is 0. The van der Waals surface area contributed by atoms with E-state index >= 15 is 0 Å². The van der Waals surface area contributed by atoms with Gasteiger partial charge in [0.25, 0.3) is 6.43 Å². The number of carbonyl (C=O) groups is 1. The van der Waals surface area contributed by atoms with E-state index in [-0.39, 0.29) is 12.4 Å². The van der Waals surface area contributed by atoms with Crippen LogP contribution in [0.15, 0.2) is 6.07 Å². The largest absolute Gasteiger partial charge is 0.433 e. The van der Waals surface area contributed by atoms with Gasteiger partial charge in [0.2, 0.25) is 0 Å². The van der Waals surface area contributed by atoms with E-state index in [1.54, 1.807) is 0 Å². The van der Waals surface area contributed by atoms with Gasteiger partial charge < -0.3 is 5.73 Å². The second-order valence-electron chi connectivity index (χ2n) is 3.08. The van der Waals surface area contributed by atoms with Crippen LogP contribution in [0.4, 0.5) is 22.0 Å². The Morgan fingerprint density at radius 1 is 1.41 bits per heavy atom. The highest BCUT2D eigenvalue weighted by Crippen LogP contribution is 2.32. The summed E-state index contributed by atoms with van der Waals surface area (Å²) in [5.41, 5.74) is 1.41. The minimum Gasteiger partial charge on any atom is -0.325 e. The molecule has 1 rings (SSSR count). The molecule has 0 bridgehead atoms. The number of hydrogen-bond acceptors (Lipinski definition) is 3. The summed E-state index contributed by atoms with van der Waals surface area (Å²) in [5.74, 6) is 0. The molecule has 0 fully saturated rings. The second-order valence-corrected chi connectivity index (χ2v) is 3.08. The molecule has 0 spiro atoms. The molecular weight excluding hydrogens is 247 g/mol. The molecule has 0 aromatic carbocycles. The Morgan fingerprint density at radius 3 is 2.35 bits per heavy atom. The number of pyridine rings is 1. The van der Waals surface area contributed by atoms with Crippen LogP contribution in [0, 0.1) is 0 Å². The van der Waals surface area contributed by atoms with E-state index in [0.717, 1.165) is 0 Å². The van der Waals surface area contributed by atoms with Crippen molar-refractivity contribution in [1.82, 2.24) is 4.98 Å². The number of hydrogen-bond donors (Lipinski definition) is 1. The maximum atomic E-state index is 12.6. The lowest BCUT2D eigenvalue weighted by atomic mass is 10.1. The van der Waals surface area contributed by atoms with E-state index in [0.29, 0.717) is 0 Å². The van der Waals surface area contributed by atoms with Gasteiger partial charge in [-0.25, -0.2) is 13.8 Å². The van der Waals surface area contributed by atoms with Gasteiger partial charge in [-0.3, -0.25) is 4.79 Å². The zero-order chi connectivity index (χ0) is 13.2. The SMILES string of the molecule is NCc1nc(C(F)(F)F)cc(C=O)c1C(F)F. The van der Waals surface area contributed by atoms with Crippen molar-refractivity contribution in [2.24, 2.45) is 5.73 Å². The molecule has 0 aliphatic carbocycles. The highest BCUT2D eigenvalue weighted by molar-refractivity contribution is 5.78. The first-order valence-electron chi connectivity index (χ1n) is 4.35. The lowest BCUT2D eigenvalue weighted by Crippen LogP contribution is -2.15. The first kappa shape index (κ1) is 13.5. The first-order chi connectivity index (χ1) is 7.81. The molecular formula is C9H7F5N2O. The molecule has 0 radical (unpaired) electrons. The lowest BCUT2D eigenvalue weighted by molar-refractivity contribution is -0.141. The number of alkyl halides is 5. The van der Waals surface area contributed by atoms with E-state index in [2.05, 4.69) is 4.98 Å². The van der Waals surface area contributed by atoms with Crippen molar-refractivity contribution in [3.05, 3.63) is 28.6 Å². The first-order valence-corrected chi connectivity index (χ1v) is 4.35. The van der Waals surface area contributed by atoms with Crippen molar-refractivity contribution < 1.29 is 26.7 Å². The Kier molecular flexibility index (Phi) is 3.76. The van der Waals surface area contributed by atoms with Crippen molar-refractivity contribution in [1.29, 1.82) is 0 Å². The van der Waals surface area contributed by atoms with Crippen LogP contribution in [0.5, 0.6) is 0 Å². The van der Waals surface area contributed by atoms with E-state index in [1.807, 2.05) is 0 Å². The van der Waals surface area contributed by atoms with Gasteiger partial charge in [-0.05, 0) is 6.07 Å². The fourth-order valence-corrected chi connectivity index (χ4v) is 1.28. The summed E-state index contributed by atoms with van der Waals surface area (Å²) in [5, 5.41) is 0. The Hall–Kier alpha value is -1.57. The van der Waals surface area contributed by atoms with Crippen molar-refractivity contribution in [2.45, 2.75) is 19.1 Å². The van der Waals surface area contributed by atoms with E-state index in [4.69, 9.17) is 5.73 Å². The molecule has 0 unspecified atom stereocenters. The van der Waals surface area contributed by atoms with E-state index in [9.17, 15) is 26.7 Å². The maximum absolute atomic E-state index is 12.6. The molecule has 0 saturated heterocycles. The molecule has 8 heteroatoms. The van der Waals surface area contributed by atoms with Crippen molar-refractivity contribution in [2.75, 3.05) is 0 Å². The Labute approximate surface area is 92.4 Å². The van der Waals surface area contributed by atoms with Crippen LogP contribution in [-0.4, -0.2) is 11.3 Å². The van der Waals surface area contributed by atoms with Crippen LogP contribution in [0.2, 0.25) is 0 Å². The van der Waals surface area contributed by atoms with Crippen LogP contribution >= 0.6 is 0 Å². The average Bonchev–Trinajstić information content (AvgIpc) is 2.25. The summed E-state index contributed by atoms with van der Waals surface area (Å²) in [6.07, 6.45) is -8.00. The summed E-state index contributed by atoms with van der Waals surface area (Å²) in [6.45, 7) is -0.607. The summed E-state index contributed by atoms with van der Waals surface area (Å²) in [4.78, 5) is 13.5. The van der Waals surface area contributed by atoms with Crippen LogP contribution in [0.25, 0.3) is 0 Å². The number of aromatic nitrogens is 1. The van der Waals surface area contributed by atoms with Crippen molar-refractivity contribution in [3.63, 3.8) is 0 Å². The third-order valence-corrected chi connectivity index (χ3v) is 2.00. The summed E-state index contributed by atoms with van der Waals surface area (Å²) < 4.78 is 62.1. The smallest absolute Gasteiger partial charge is 0.325 e. The number of halogens is 5. The van der Waals surface area contributed by atoms with E-state index in [1.165, 1.54) is 0 Å². The lowest BCUT2D eigenvalue weighted by Gasteiger charge is -2.13. The normalized spacial score (nSPS) is 11.9. The molecule has 17 heavy (non-hydrogen) atoms. The Morgan fingerprint density at radius 2 is 2.00 bits per heavy atom.